The molecule has 0 spiro atoms. The van der Waals surface area contributed by atoms with Crippen LogP contribution in [0.3, 0.4) is 0 Å². The van der Waals surface area contributed by atoms with Crippen LogP contribution in [0.5, 0.6) is 5.75 Å². The summed E-state index contributed by atoms with van der Waals surface area (Å²) in [6, 6.07) is 6.71. The van der Waals surface area contributed by atoms with E-state index in [1.54, 1.807) is 24.3 Å². The van der Waals surface area contributed by atoms with Gasteiger partial charge in [0.25, 0.3) is 0 Å². The highest BCUT2D eigenvalue weighted by molar-refractivity contribution is 5.75. The molecule has 1 aromatic rings. The van der Waals surface area contributed by atoms with Crippen molar-refractivity contribution in [1.29, 1.82) is 0 Å². The number of hydrogen-bond acceptors (Lipinski definition) is 3. The monoisotopic (exact) mass is 152 g/mol. The van der Waals surface area contributed by atoms with Crippen LogP contribution in [0.4, 0.5) is 0 Å². The van der Waals surface area contributed by atoms with Crippen molar-refractivity contribution in [1.82, 2.24) is 0 Å². The second-order valence-electron chi connectivity index (χ2n) is 1.94. The summed E-state index contributed by atoms with van der Waals surface area (Å²) >= 11 is 0. The molecule has 0 aliphatic rings. The molecule has 0 aromatic heterocycles. The van der Waals surface area contributed by atoms with E-state index in [0.717, 1.165) is 6.29 Å². The molecule has 0 aliphatic carbocycles. The molecule has 0 fully saturated rings. The van der Waals surface area contributed by atoms with Gasteiger partial charge in [0.2, 0.25) is 0 Å². The van der Waals surface area contributed by atoms with E-state index >= 15 is 0 Å². The Balaban J connectivity index is 2.82. The number of benzene rings is 1. The molecule has 0 atom stereocenters. The Morgan fingerprint density at radius 3 is 2.91 bits per heavy atom. The molecule has 11 heavy (non-hydrogen) atoms. The maximum absolute atomic E-state index is 10.3. The van der Waals surface area contributed by atoms with E-state index in [4.69, 9.17) is 0 Å². The Kier molecular flexibility index (Phi) is 2.63. The normalized spacial score (nSPS) is 9.18. The van der Waals surface area contributed by atoms with Gasteiger partial charge in [-0.1, -0.05) is 12.1 Å². The Bertz CT molecular complexity index is 245. The third kappa shape index (κ3) is 2.05. The summed E-state index contributed by atoms with van der Waals surface area (Å²) in [6.07, 6.45) is 0.752. The molecular formula is C8H8O3. The van der Waals surface area contributed by atoms with E-state index in [1.807, 2.05) is 0 Å². The van der Waals surface area contributed by atoms with Crippen LogP contribution in [0.1, 0.15) is 10.4 Å². The molecule has 0 unspecified atom stereocenters. The van der Waals surface area contributed by atoms with Gasteiger partial charge in [0.05, 0.1) is 7.11 Å². The number of carbonyl (C=O) groups excluding carboxylic acids is 1. The van der Waals surface area contributed by atoms with Crippen molar-refractivity contribution in [2.75, 3.05) is 7.11 Å². The molecule has 0 N–H and O–H groups in total. The molecular weight excluding hydrogens is 144 g/mol. The van der Waals surface area contributed by atoms with Crippen molar-refractivity contribution >= 4 is 6.29 Å². The molecule has 0 heterocycles. The van der Waals surface area contributed by atoms with Crippen LogP contribution >= 0.6 is 0 Å². The van der Waals surface area contributed by atoms with Crippen LogP contribution in [-0.4, -0.2) is 13.4 Å². The fourth-order valence-corrected chi connectivity index (χ4v) is 0.736. The topological polar surface area (TPSA) is 35.5 Å². The van der Waals surface area contributed by atoms with Gasteiger partial charge in [-0.2, -0.15) is 4.89 Å². The zero-order valence-electron chi connectivity index (χ0n) is 6.11. The highest BCUT2D eigenvalue weighted by atomic mass is 17.2. The first-order valence-electron chi connectivity index (χ1n) is 3.12. The fraction of sp³-hybridized carbons (Fsp3) is 0.125. The van der Waals surface area contributed by atoms with Gasteiger partial charge in [-0.25, -0.2) is 0 Å². The van der Waals surface area contributed by atoms with E-state index in [-0.39, 0.29) is 0 Å². The molecule has 1 aromatic carbocycles. The zero-order valence-corrected chi connectivity index (χ0v) is 6.11. The second kappa shape index (κ2) is 3.73. The predicted octanol–water partition coefficient (Wildman–Crippen LogP) is 1.44. The Labute approximate surface area is 64.5 Å². The number of aldehydes is 1. The first-order chi connectivity index (χ1) is 5.36. The van der Waals surface area contributed by atoms with E-state index in [0.29, 0.717) is 11.3 Å². The quantitative estimate of drug-likeness (QED) is 0.373. The summed E-state index contributed by atoms with van der Waals surface area (Å²) in [7, 11) is 1.41. The summed E-state index contributed by atoms with van der Waals surface area (Å²) in [4.78, 5) is 19.4. The maximum atomic E-state index is 10.3. The standard InChI is InChI=1S/C8H8O3/c1-10-11-8-4-2-3-7(5-8)6-9/h2-6H,1H3. The lowest BCUT2D eigenvalue weighted by Gasteiger charge is -1.99. The van der Waals surface area contributed by atoms with Crippen molar-refractivity contribution in [3.8, 4) is 5.75 Å². The van der Waals surface area contributed by atoms with Crippen LogP contribution < -0.4 is 4.89 Å². The van der Waals surface area contributed by atoms with Gasteiger partial charge in [0, 0.05) is 5.56 Å². The Morgan fingerprint density at radius 1 is 1.45 bits per heavy atom. The summed E-state index contributed by atoms with van der Waals surface area (Å²) in [6.45, 7) is 0. The molecule has 58 valence electrons. The summed E-state index contributed by atoms with van der Waals surface area (Å²) in [5.41, 5.74) is 0.569. The number of carbonyl (C=O) groups is 1. The summed E-state index contributed by atoms with van der Waals surface area (Å²) in [5.74, 6) is 0.525. The fourth-order valence-electron chi connectivity index (χ4n) is 0.736. The van der Waals surface area contributed by atoms with Gasteiger partial charge in [-0.05, 0) is 12.1 Å². The van der Waals surface area contributed by atoms with Crippen molar-refractivity contribution in [2.45, 2.75) is 0 Å². The molecule has 0 amide bonds. The van der Waals surface area contributed by atoms with Gasteiger partial charge in [-0.3, -0.25) is 4.79 Å². The minimum absolute atomic E-state index is 0.525. The minimum Gasteiger partial charge on any atom is -0.338 e. The molecule has 1 rings (SSSR count). The lowest BCUT2D eigenvalue weighted by Crippen LogP contribution is -1.90. The average molecular weight is 152 g/mol. The lowest BCUT2D eigenvalue weighted by atomic mass is 10.2. The van der Waals surface area contributed by atoms with Crippen LogP contribution in [-0.2, 0) is 4.89 Å². The van der Waals surface area contributed by atoms with Crippen molar-refractivity contribution < 1.29 is 14.6 Å². The van der Waals surface area contributed by atoms with Gasteiger partial charge < -0.3 is 4.89 Å². The number of hydrogen-bond donors (Lipinski definition) is 0. The largest absolute Gasteiger partial charge is 0.338 e. The summed E-state index contributed by atoms with van der Waals surface area (Å²) < 4.78 is 0. The van der Waals surface area contributed by atoms with Crippen LogP contribution in [0.25, 0.3) is 0 Å². The van der Waals surface area contributed by atoms with Crippen molar-refractivity contribution in [2.24, 2.45) is 0 Å². The molecule has 0 bridgehead atoms. The maximum Gasteiger partial charge on any atom is 0.166 e. The number of rotatable bonds is 3. The van der Waals surface area contributed by atoms with Crippen molar-refractivity contribution in [3.05, 3.63) is 29.8 Å². The average Bonchev–Trinajstić information content (AvgIpc) is 2.06. The highest BCUT2D eigenvalue weighted by Gasteiger charge is 1.94. The Morgan fingerprint density at radius 2 is 2.27 bits per heavy atom. The van der Waals surface area contributed by atoms with Crippen molar-refractivity contribution in [3.63, 3.8) is 0 Å². The van der Waals surface area contributed by atoms with Crippen LogP contribution in [0.2, 0.25) is 0 Å². The lowest BCUT2D eigenvalue weighted by molar-refractivity contribution is -0.178. The predicted molar refractivity (Wildman–Crippen MR) is 39.5 cm³/mol. The Hall–Kier alpha value is -1.35. The minimum atomic E-state index is 0.525. The van der Waals surface area contributed by atoms with Gasteiger partial charge >= 0.3 is 0 Å². The molecule has 0 saturated carbocycles. The van der Waals surface area contributed by atoms with Gasteiger partial charge in [0.15, 0.2) is 5.75 Å². The third-order valence-corrected chi connectivity index (χ3v) is 1.17. The van der Waals surface area contributed by atoms with Crippen LogP contribution in [0, 0.1) is 0 Å². The SMILES string of the molecule is COOc1cccc(C=O)c1. The van der Waals surface area contributed by atoms with E-state index < -0.39 is 0 Å². The second-order valence-corrected chi connectivity index (χ2v) is 1.94. The molecule has 3 heteroatoms. The smallest absolute Gasteiger partial charge is 0.166 e. The van der Waals surface area contributed by atoms with E-state index in [1.165, 1.54) is 7.11 Å². The zero-order chi connectivity index (χ0) is 8.10. The highest BCUT2D eigenvalue weighted by Crippen LogP contribution is 2.11. The van der Waals surface area contributed by atoms with Gasteiger partial charge in [0.1, 0.15) is 6.29 Å². The summed E-state index contributed by atoms with van der Waals surface area (Å²) in [5, 5.41) is 0. The first kappa shape index (κ1) is 7.75. The molecule has 0 aliphatic heterocycles. The first-order valence-corrected chi connectivity index (χ1v) is 3.12. The van der Waals surface area contributed by atoms with E-state index in [2.05, 4.69) is 9.78 Å². The van der Waals surface area contributed by atoms with Crippen LogP contribution in [0.15, 0.2) is 24.3 Å². The third-order valence-electron chi connectivity index (χ3n) is 1.17. The van der Waals surface area contributed by atoms with Gasteiger partial charge in [-0.15, -0.1) is 0 Å². The molecule has 0 radical (unpaired) electrons. The van der Waals surface area contributed by atoms with E-state index in [9.17, 15) is 4.79 Å². The molecule has 3 nitrogen and oxygen atoms in total. The molecule has 0 saturated heterocycles.